The van der Waals surface area contributed by atoms with Gasteiger partial charge in [0.2, 0.25) is 0 Å². The van der Waals surface area contributed by atoms with Crippen LogP contribution in [-0.4, -0.2) is 23.3 Å². The van der Waals surface area contributed by atoms with E-state index >= 15 is 0 Å². The van der Waals surface area contributed by atoms with E-state index in [1.165, 1.54) is 6.20 Å². The topological polar surface area (TPSA) is 56.3 Å². The highest BCUT2D eigenvalue weighted by Gasteiger charge is 2.11. The Morgan fingerprint density at radius 2 is 1.95 bits per heavy atom. The van der Waals surface area contributed by atoms with Gasteiger partial charge in [0.1, 0.15) is 0 Å². The van der Waals surface area contributed by atoms with Gasteiger partial charge < -0.3 is 4.74 Å². The van der Waals surface area contributed by atoms with Gasteiger partial charge in [0.25, 0.3) is 0 Å². The normalized spacial score (nSPS) is 9.95. The van der Waals surface area contributed by atoms with E-state index in [1.54, 1.807) is 36.5 Å². The summed E-state index contributed by atoms with van der Waals surface area (Å²) in [4.78, 5) is 27.3. The van der Waals surface area contributed by atoms with E-state index in [1.807, 2.05) is 6.07 Å². The van der Waals surface area contributed by atoms with Crippen molar-refractivity contribution in [3.8, 4) is 0 Å². The van der Waals surface area contributed by atoms with Gasteiger partial charge in [-0.2, -0.15) is 0 Å². The summed E-state index contributed by atoms with van der Waals surface area (Å²) in [5, 5.41) is 0. The molecule has 5 heteroatoms. The van der Waals surface area contributed by atoms with Gasteiger partial charge in [-0.1, -0.05) is 28.1 Å². The minimum absolute atomic E-state index is 0.251. The van der Waals surface area contributed by atoms with E-state index in [0.717, 1.165) is 4.47 Å². The number of ketones is 1. The molecule has 0 unspecified atom stereocenters. The number of esters is 1. The monoisotopic (exact) mass is 319 g/mol. The fourth-order valence-electron chi connectivity index (χ4n) is 1.44. The molecule has 0 radical (unpaired) electrons. The summed E-state index contributed by atoms with van der Waals surface area (Å²) in [7, 11) is 0. The lowest BCUT2D eigenvalue weighted by atomic mass is 10.1. The lowest BCUT2D eigenvalue weighted by Crippen LogP contribution is -2.14. The summed E-state index contributed by atoms with van der Waals surface area (Å²) < 4.78 is 5.74. The number of ether oxygens (including phenoxy) is 1. The predicted octanol–water partition coefficient (Wildman–Crippen LogP) is 2.88. The summed E-state index contributed by atoms with van der Waals surface area (Å²) in [6.07, 6.45) is 2.95. The van der Waals surface area contributed by atoms with Crippen LogP contribution in [0.2, 0.25) is 0 Å². The van der Waals surface area contributed by atoms with Crippen molar-refractivity contribution >= 4 is 27.7 Å². The number of pyridine rings is 1. The van der Waals surface area contributed by atoms with E-state index in [-0.39, 0.29) is 12.4 Å². The number of rotatable bonds is 4. The number of Topliss-reactive ketones (excluding diaryl/α,β-unsaturated/α-hetero) is 1. The van der Waals surface area contributed by atoms with Crippen LogP contribution in [0, 0.1) is 0 Å². The van der Waals surface area contributed by atoms with Crippen molar-refractivity contribution in [1.82, 2.24) is 4.98 Å². The van der Waals surface area contributed by atoms with Crippen LogP contribution in [0.5, 0.6) is 0 Å². The second kappa shape index (κ2) is 6.24. The molecule has 0 aliphatic carbocycles. The fourth-order valence-corrected chi connectivity index (χ4v) is 1.84. The van der Waals surface area contributed by atoms with Crippen molar-refractivity contribution < 1.29 is 14.3 Å². The molecule has 0 bridgehead atoms. The van der Waals surface area contributed by atoms with Gasteiger partial charge >= 0.3 is 5.97 Å². The molecule has 2 rings (SSSR count). The van der Waals surface area contributed by atoms with Crippen LogP contribution < -0.4 is 0 Å². The zero-order chi connectivity index (χ0) is 13.7. The molecule has 0 aliphatic rings. The van der Waals surface area contributed by atoms with E-state index in [4.69, 9.17) is 4.74 Å². The van der Waals surface area contributed by atoms with E-state index in [9.17, 15) is 9.59 Å². The summed E-state index contributed by atoms with van der Waals surface area (Å²) >= 11 is 3.28. The first kappa shape index (κ1) is 13.4. The Morgan fingerprint density at radius 3 is 2.63 bits per heavy atom. The van der Waals surface area contributed by atoms with Crippen molar-refractivity contribution in [2.24, 2.45) is 0 Å². The Balaban J connectivity index is 1.96. The minimum atomic E-state index is -0.559. The molecule has 0 saturated carbocycles. The number of carbonyl (C=O) groups excluding carboxylic acids is 2. The van der Waals surface area contributed by atoms with Crippen molar-refractivity contribution in [3.05, 3.63) is 64.4 Å². The predicted molar refractivity (Wildman–Crippen MR) is 73.0 cm³/mol. The van der Waals surface area contributed by atoms with Crippen LogP contribution >= 0.6 is 15.9 Å². The van der Waals surface area contributed by atoms with Gasteiger partial charge in [-0.25, -0.2) is 4.79 Å². The van der Waals surface area contributed by atoms with Crippen molar-refractivity contribution in [2.45, 2.75) is 0 Å². The second-order valence-corrected chi connectivity index (χ2v) is 4.67. The van der Waals surface area contributed by atoms with Gasteiger partial charge in [0.05, 0.1) is 5.56 Å². The first-order valence-electron chi connectivity index (χ1n) is 5.53. The highest BCUT2D eigenvalue weighted by atomic mass is 79.9. The summed E-state index contributed by atoms with van der Waals surface area (Å²) in [5.74, 6) is -0.810. The number of aromatic nitrogens is 1. The molecule has 0 amide bonds. The Labute approximate surface area is 118 Å². The van der Waals surface area contributed by atoms with Crippen LogP contribution in [0.1, 0.15) is 20.7 Å². The maximum absolute atomic E-state index is 11.8. The number of hydrogen-bond acceptors (Lipinski definition) is 4. The number of hydrogen-bond donors (Lipinski definition) is 0. The van der Waals surface area contributed by atoms with Crippen LogP contribution in [0.15, 0.2) is 53.3 Å². The molecule has 0 aliphatic heterocycles. The Hall–Kier alpha value is -2.01. The SMILES string of the molecule is O=C(COC(=O)c1cccnc1)c1cccc(Br)c1. The molecule has 1 aromatic carbocycles. The lowest BCUT2D eigenvalue weighted by molar-refractivity contribution is 0.0474. The third-order valence-corrected chi connectivity index (χ3v) is 2.87. The maximum atomic E-state index is 11.8. The molecule has 2 aromatic rings. The van der Waals surface area contributed by atoms with Crippen LogP contribution in [0.4, 0.5) is 0 Å². The second-order valence-electron chi connectivity index (χ2n) is 3.75. The zero-order valence-electron chi connectivity index (χ0n) is 9.88. The van der Waals surface area contributed by atoms with Crippen molar-refractivity contribution in [1.29, 1.82) is 0 Å². The van der Waals surface area contributed by atoms with E-state index < -0.39 is 5.97 Å². The minimum Gasteiger partial charge on any atom is -0.454 e. The Bertz CT molecular complexity index is 599. The first-order chi connectivity index (χ1) is 9.16. The van der Waals surface area contributed by atoms with Gasteiger partial charge in [-0.3, -0.25) is 9.78 Å². The maximum Gasteiger partial charge on any atom is 0.340 e. The molecule has 1 aromatic heterocycles. The van der Waals surface area contributed by atoms with E-state index in [2.05, 4.69) is 20.9 Å². The van der Waals surface area contributed by atoms with Crippen molar-refractivity contribution in [2.75, 3.05) is 6.61 Å². The molecular formula is C14H10BrNO3. The Morgan fingerprint density at radius 1 is 1.16 bits per heavy atom. The number of carbonyl (C=O) groups is 2. The van der Waals surface area contributed by atoms with Gasteiger partial charge in [-0.05, 0) is 24.3 Å². The lowest BCUT2D eigenvalue weighted by Gasteiger charge is -2.04. The van der Waals surface area contributed by atoms with Crippen LogP contribution in [0.25, 0.3) is 0 Å². The van der Waals surface area contributed by atoms with Gasteiger partial charge in [-0.15, -0.1) is 0 Å². The van der Waals surface area contributed by atoms with Crippen LogP contribution in [0.3, 0.4) is 0 Å². The molecule has 0 saturated heterocycles. The summed E-state index contributed by atoms with van der Waals surface area (Å²) in [6.45, 7) is -0.288. The van der Waals surface area contributed by atoms with Gasteiger partial charge in [0.15, 0.2) is 12.4 Å². The average molecular weight is 320 g/mol. The Kier molecular flexibility index (Phi) is 4.41. The molecular weight excluding hydrogens is 310 g/mol. The quantitative estimate of drug-likeness (QED) is 0.642. The van der Waals surface area contributed by atoms with E-state index in [0.29, 0.717) is 11.1 Å². The summed E-state index contributed by atoms with van der Waals surface area (Å²) in [5.41, 5.74) is 0.818. The molecule has 1 heterocycles. The molecule has 96 valence electrons. The fraction of sp³-hybridized carbons (Fsp3) is 0.0714. The average Bonchev–Trinajstić information content (AvgIpc) is 2.45. The number of halogens is 1. The largest absolute Gasteiger partial charge is 0.454 e. The first-order valence-corrected chi connectivity index (χ1v) is 6.32. The standard InChI is InChI=1S/C14H10BrNO3/c15-12-5-1-3-10(7-12)13(17)9-19-14(18)11-4-2-6-16-8-11/h1-8H,9H2. The van der Waals surface area contributed by atoms with Crippen molar-refractivity contribution in [3.63, 3.8) is 0 Å². The third kappa shape index (κ3) is 3.72. The number of benzene rings is 1. The molecule has 0 N–H and O–H groups in total. The summed E-state index contributed by atoms with van der Waals surface area (Å²) in [6, 6.07) is 10.1. The number of nitrogens with zero attached hydrogens (tertiary/aromatic N) is 1. The third-order valence-electron chi connectivity index (χ3n) is 2.38. The molecule has 0 atom stereocenters. The molecule has 0 spiro atoms. The highest BCUT2D eigenvalue weighted by Crippen LogP contribution is 2.12. The molecule has 0 fully saturated rings. The molecule has 19 heavy (non-hydrogen) atoms. The smallest absolute Gasteiger partial charge is 0.340 e. The highest BCUT2D eigenvalue weighted by molar-refractivity contribution is 9.10. The van der Waals surface area contributed by atoms with Gasteiger partial charge in [0, 0.05) is 22.4 Å². The van der Waals surface area contributed by atoms with Crippen LogP contribution in [-0.2, 0) is 4.74 Å². The zero-order valence-corrected chi connectivity index (χ0v) is 11.5. The molecule has 4 nitrogen and oxygen atoms in total.